The molecule has 1 heterocycles. The summed E-state index contributed by atoms with van der Waals surface area (Å²) in [5.41, 5.74) is 4.26. The van der Waals surface area contributed by atoms with Gasteiger partial charge in [0.2, 0.25) is 0 Å². The lowest BCUT2D eigenvalue weighted by molar-refractivity contribution is 0.0786. The van der Waals surface area contributed by atoms with E-state index in [0.29, 0.717) is 0 Å². The third-order valence-corrected chi connectivity index (χ3v) is 4.62. The Morgan fingerprint density at radius 1 is 1.10 bits per heavy atom. The number of aliphatic hydroxyl groups is 1. The highest BCUT2D eigenvalue weighted by molar-refractivity contribution is 6.32. The van der Waals surface area contributed by atoms with Gasteiger partial charge in [-0.25, -0.2) is 0 Å². The number of benzene rings is 2. The molecule has 110 valence electrons. The Balaban J connectivity index is 2.21. The first-order valence-electron chi connectivity index (χ1n) is 7.14. The van der Waals surface area contributed by atoms with Crippen molar-refractivity contribution in [3.63, 3.8) is 0 Å². The molecule has 0 aromatic heterocycles. The van der Waals surface area contributed by atoms with Gasteiger partial charge in [0.05, 0.1) is 5.60 Å². The van der Waals surface area contributed by atoms with Crippen LogP contribution in [-0.4, -0.2) is 5.11 Å². The molecule has 1 aliphatic heterocycles. The van der Waals surface area contributed by atoms with Crippen LogP contribution >= 0.6 is 11.6 Å². The second kappa shape index (κ2) is 4.49. The van der Waals surface area contributed by atoms with Gasteiger partial charge in [-0.2, -0.15) is 0 Å². The van der Waals surface area contributed by atoms with E-state index >= 15 is 0 Å². The Labute approximate surface area is 130 Å². The fourth-order valence-electron chi connectivity index (χ4n) is 3.12. The van der Waals surface area contributed by atoms with Gasteiger partial charge in [-0.1, -0.05) is 43.6 Å². The summed E-state index contributed by atoms with van der Waals surface area (Å²) < 4.78 is 0. The fraction of sp³-hybridized carbons (Fsp3) is 0.333. The molecule has 2 aromatic carbocycles. The van der Waals surface area contributed by atoms with E-state index in [1.165, 1.54) is 5.56 Å². The lowest BCUT2D eigenvalue weighted by atomic mass is 9.73. The van der Waals surface area contributed by atoms with Crippen LogP contribution in [-0.2, 0) is 11.0 Å². The number of fused-ring (bicyclic) bond motifs is 2. The van der Waals surface area contributed by atoms with Crippen LogP contribution in [0.15, 0.2) is 36.4 Å². The topological polar surface area (TPSA) is 32.3 Å². The molecule has 2 nitrogen and oxygen atoms in total. The molecule has 3 heteroatoms. The molecule has 0 amide bonds. The molecule has 3 rings (SSSR count). The summed E-state index contributed by atoms with van der Waals surface area (Å²) >= 11 is 6.42. The van der Waals surface area contributed by atoms with Crippen LogP contribution in [0, 0.1) is 0 Å². The lowest BCUT2D eigenvalue weighted by Gasteiger charge is -2.37. The standard InChI is InChI=1S/C18H20ClNO/c1-17(2)12-9-8-11(18(3,4)21)10-15(12)20-14-7-5-6-13(19)16(14)17/h5-10,20-21H,1-4H3. The van der Waals surface area contributed by atoms with Crippen LogP contribution < -0.4 is 5.32 Å². The Morgan fingerprint density at radius 3 is 2.48 bits per heavy atom. The third kappa shape index (κ3) is 2.23. The normalized spacial score (nSPS) is 15.9. The van der Waals surface area contributed by atoms with Crippen LogP contribution in [0.4, 0.5) is 11.4 Å². The van der Waals surface area contributed by atoms with Crippen molar-refractivity contribution < 1.29 is 5.11 Å². The monoisotopic (exact) mass is 301 g/mol. The molecule has 1 aliphatic rings. The molecule has 0 unspecified atom stereocenters. The smallest absolute Gasteiger partial charge is 0.0841 e. The van der Waals surface area contributed by atoms with Crippen molar-refractivity contribution in [1.82, 2.24) is 0 Å². The van der Waals surface area contributed by atoms with Crippen molar-refractivity contribution in [2.75, 3.05) is 5.32 Å². The summed E-state index contributed by atoms with van der Waals surface area (Å²) in [6.45, 7) is 7.96. The number of anilines is 2. The molecule has 2 aromatic rings. The van der Waals surface area contributed by atoms with Crippen LogP contribution in [0.5, 0.6) is 0 Å². The molecule has 0 radical (unpaired) electrons. The van der Waals surface area contributed by atoms with E-state index in [0.717, 1.165) is 27.5 Å². The Bertz CT molecular complexity index is 714. The Kier molecular flexibility index (Phi) is 3.09. The van der Waals surface area contributed by atoms with E-state index in [2.05, 4.69) is 25.2 Å². The summed E-state index contributed by atoms with van der Waals surface area (Å²) in [5, 5.41) is 14.4. The van der Waals surface area contributed by atoms with Gasteiger partial charge in [0.15, 0.2) is 0 Å². The van der Waals surface area contributed by atoms with Crippen LogP contribution in [0.3, 0.4) is 0 Å². The summed E-state index contributed by atoms with van der Waals surface area (Å²) in [6.07, 6.45) is 0. The zero-order chi connectivity index (χ0) is 15.4. The number of halogens is 1. The van der Waals surface area contributed by atoms with Gasteiger partial charge in [0, 0.05) is 27.4 Å². The second-order valence-corrected chi connectivity index (χ2v) is 7.14. The maximum Gasteiger partial charge on any atom is 0.0841 e. The molecular weight excluding hydrogens is 282 g/mol. The SMILES string of the molecule is CC(C)(O)c1ccc2c(c1)Nc1cccc(Cl)c1C2(C)C. The number of hydrogen-bond donors (Lipinski definition) is 2. The minimum Gasteiger partial charge on any atom is -0.386 e. The lowest BCUT2D eigenvalue weighted by Crippen LogP contribution is -2.27. The predicted molar refractivity (Wildman–Crippen MR) is 88.5 cm³/mol. The molecule has 21 heavy (non-hydrogen) atoms. The van der Waals surface area contributed by atoms with Crippen molar-refractivity contribution >= 4 is 23.0 Å². The summed E-state index contributed by atoms with van der Waals surface area (Å²) in [7, 11) is 0. The highest BCUT2D eigenvalue weighted by Gasteiger charge is 2.35. The number of rotatable bonds is 1. The van der Waals surface area contributed by atoms with Crippen molar-refractivity contribution in [1.29, 1.82) is 0 Å². The van der Waals surface area contributed by atoms with Gasteiger partial charge in [-0.3, -0.25) is 0 Å². The quantitative estimate of drug-likeness (QED) is 0.781. The molecule has 2 N–H and O–H groups in total. The van der Waals surface area contributed by atoms with Crippen LogP contribution in [0.1, 0.15) is 44.4 Å². The van der Waals surface area contributed by atoms with Gasteiger partial charge >= 0.3 is 0 Å². The number of hydrogen-bond acceptors (Lipinski definition) is 2. The summed E-state index contributed by atoms with van der Waals surface area (Å²) in [6, 6.07) is 12.0. The summed E-state index contributed by atoms with van der Waals surface area (Å²) in [5.74, 6) is 0. The highest BCUT2D eigenvalue weighted by Crippen LogP contribution is 2.48. The van der Waals surface area contributed by atoms with Gasteiger partial charge in [0.1, 0.15) is 0 Å². The van der Waals surface area contributed by atoms with Crippen molar-refractivity contribution in [2.24, 2.45) is 0 Å². The molecular formula is C18H20ClNO. The molecule has 0 atom stereocenters. The van der Waals surface area contributed by atoms with E-state index in [9.17, 15) is 5.11 Å². The Hall–Kier alpha value is -1.51. The second-order valence-electron chi connectivity index (χ2n) is 6.73. The average molecular weight is 302 g/mol. The van der Waals surface area contributed by atoms with Crippen LogP contribution in [0.25, 0.3) is 0 Å². The molecule has 0 saturated carbocycles. The molecule has 0 saturated heterocycles. The Morgan fingerprint density at radius 2 is 1.81 bits per heavy atom. The highest BCUT2D eigenvalue weighted by atomic mass is 35.5. The number of nitrogens with one attached hydrogen (secondary N) is 1. The van der Waals surface area contributed by atoms with Crippen molar-refractivity contribution in [3.8, 4) is 0 Å². The van der Waals surface area contributed by atoms with Crippen LogP contribution in [0.2, 0.25) is 5.02 Å². The average Bonchev–Trinajstić information content (AvgIpc) is 2.36. The minimum atomic E-state index is -0.852. The van der Waals surface area contributed by atoms with E-state index in [-0.39, 0.29) is 5.41 Å². The zero-order valence-electron chi connectivity index (χ0n) is 12.8. The zero-order valence-corrected chi connectivity index (χ0v) is 13.5. The molecule has 0 aliphatic carbocycles. The van der Waals surface area contributed by atoms with E-state index in [4.69, 9.17) is 11.6 Å². The predicted octanol–water partition coefficient (Wildman–Crippen LogP) is 4.95. The van der Waals surface area contributed by atoms with Gasteiger partial charge < -0.3 is 10.4 Å². The molecule has 0 bridgehead atoms. The van der Waals surface area contributed by atoms with E-state index < -0.39 is 5.60 Å². The van der Waals surface area contributed by atoms with E-state index in [1.54, 1.807) is 13.8 Å². The summed E-state index contributed by atoms with van der Waals surface area (Å²) in [4.78, 5) is 0. The molecule has 0 spiro atoms. The van der Waals surface area contributed by atoms with Crippen molar-refractivity contribution in [3.05, 3.63) is 58.1 Å². The first kappa shape index (κ1) is 14.4. The van der Waals surface area contributed by atoms with E-state index in [1.807, 2.05) is 30.3 Å². The van der Waals surface area contributed by atoms with Gasteiger partial charge in [-0.05, 0) is 43.2 Å². The van der Waals surface area contributed by atoms with Crippen molar-refractivity contribution in [2.45, 2.75) is 38.7 Å². The fourth-order valence-corrected chi connectivity index (χ4v) is 3.53. The third-order valence-electron chi connectivity index (χ3n) is 4.31. The maximum absolute atomic E-state index is 10.2. The largest absolute Gasteiger partial charge is 0.386 e. The molecule has 0 fully saturated rings. The van der Waals surface area contributed by atoms with Gasteiger partial charge in [0.25, 0.3) is 0 Å². The van der Waals surface area contributed by atoms with Gasteiger partial charge in [-0.15, -0.1) is 0 Å². The minimum absolute atomic E-state index is 0.174. The maximum atomic E-state index is 10.2. The first-order valence-corrected chi connectivity index (χ1v) is 7.52. The first-order chi connectivity index (χ1) is 9.71.